The first-order valence-corrected chi connectivity index (χ1v) is 9.82. The standard InChI is InChI=1S/C21H25F3N4O/c1-15-26-18(21(22,23)24)14-19(27-15)28-12-9-17(10-13-28)20(29)25-11-5-8-16-6-3-2-4-7-16/h2-4,6-7,14,17H,5,8-13H2,1H3,(H,25,29). The number of nitrogens with zero attached hydrogens (tertiary/aromatic N) is 3. The third kappa shape index (κ3) is 5.92. The predicted octanol–water partition coefficient (Wildman–Crippen LogP) is 3.77. The van der Waals surface area contributed by atoms with Crippen molar-refractivity contribution in [3.8, 4) is 0 Å². The van der Waals surface area contributed by atoms with Gasteiger partial charge in [0, 0.05) is 31.6 Å². The summed E-state index contributed by atoms with van der Waals surface area (Å²) in [4.78, 5) is 21.8. The predicted molar refractivity (Wildman–Crippen MR) is 104 cm³/mol. The summed E-state index contributed by atoms with van der Waals surface area (Å²) in [6.45, 7) is 3.06. The van der Waals surface area contributed by atoms with Crippen molar-refractivity contribution in [2.24, 2.45) is 5.92 Å². The van der Waals surface area contributed by atoms with Crippen LogP contribution in [0.1, 0.15) is 36.3 Å². The molecule has 1 aliphatic heterocycles. The Morgan fingerprint density at radius 3 is 2.52 bits per heavy atom. The van der Waals surface area contributed by atoms with E-state index in [9.17, 15) is 18.0 Å². The Morgan fingerprint density at radius 1 is 1.17 bits per heavy atom. The van der Waals surface area contributed by atoms with E-state index in [-0.39, 0.29) is 23.5 Å². The van der Waals surface area contributed by atoms with Gasteiger partial charge in [0.15, 0.2) is 0 Å². The van der Waals surface area contributed by atoms with Crippen molar-refractivity contribution in [3.63, 3.8) is 0 Å². The van der Waals surface area contributed by atoms with Gasteiger partial charge in [-0.05, 0) is 38.2 Å². The zero-order valence-electron chi connectivity index (χ0n) is 16.4. The maximum absolute atomic E-state index is 13.0. The van der Waals surface area contributed by atoms with E-state index in [1.54, 1.807) is 4.90 Å². The highest BCUT2D eigenvalue weighted by Gasteiger charge is 2.34. The van der Waals surface area contributed by atoms with Crippen LogP contribution in [0.15, 0.2) is 36.4 Å². The van der Waals surface area contributed by atoms with Gasteiger partial charge in [-0.2, -0.15) is 13.2 Å². The number of piperidine rings is 1. The van der Waals surface area contributed by atoms with E-state index >= 15 is 0 Å². The summed E-state index contributed by atoms with van der Waals surface area (Å²) < 4.78 is 38.9. The van der Waals surface area contributed by atoms with E-state index in [1.807, 2.05) is 18.2 Å². The Labute approximate surface area is 168 Å². The van der Waals surface area contributed by atoms with Crippen LogP contribution in [0.5, 0.6) is 0 Å². The van der Waals surface area contributed by atoms with Crippen molar-refractivity contribution in [3.05, 3.63) is 53.5 Å². The van der Waals surface area contributed by atoms with Crippen LogP contribution in [-0.4, -0.2) is 35.5 Å². The van der Waals surface area contributed by atoms with Crippen LogP contribution in [0.2, 0.25) is 0 Å². The fourth-order valence-electron chi connectivity index (χ4n) is 3.52. The Hall–Kier alpha value is -2.64. The number of hydrogen-bond acceptors (Lipinski definition) is 4. The van der Waals surface area contributed by atoms with Gasteiger partial charge in [0.1, 0.15) is 17.3 Å². The van der Waals surface area contributed by atoms with E-state index in [2.05, 4.69) is 27.4 Å². The van der Waals surface area contributed by atoms with Crippen molar-refractivity contribution in [1.82, 2.24) is 15.3 Å². The Kier molecular flexibility index (Phi) is 6.71. The van der Waals surface area contributed by atoms with Crippen LogP contribution in [0.4, 0.5) is 19.0 Å². The fourth-order valence-corrected chi connectivity index (χ4v) is 3.52. The highest BCUT2D eigenvalue weighted by Crippen LogP contribution is 2.30. The molecule has 5 nitrogen and oxygen atoms in total. The number of amides is 1. The third-order valence-corrected chi connectivity index (χ3v) is 5.09. The Balaban J connectivity index is 1.46. The molecule has 3 rings (SSSR count). The van der Waals surface area contributed by atoms with Crippen LogP contribution in [0.25, 0.3) is 0 Å². The molecule has 1 fully saturated rings. The number of benzene rings is 1. The summed E-state index contributed by atoms with van der Waals surface area (Å²) in [5.74, 6) is 0.264. The molecule has 1 N–H and O–H groups in total. The third-order valence-electron chi connectivity index (χ3n) is 5.09. The summed E-state index contributed by atoms with van der Waals surface area (Å²) in [6, 6.07) is 11.1. The number of carbonyl (C=O) groups excluding carboxylic acids is 1. The molecule has 0 saturated carbocycles. The normalized spacial score (nSPS) is 15.4. The molecule has 0 bridgehead atoms. The van der Waals surface area contributed by atoms with Crippen molar-refractivity contribution >= 4 is 11.7 Å². The molecule has 29 heavy (non-hydrogen) atoms. The SMILES string of the molecule is Cc1nc(N2CCC(C(=O)NCCCc3ccccc3)CC2)cc(C(F)(F)F)n1. The number of aromatic nitrogens is 2. The Bertz CT molecular complexity index is 818. The molecular formula is C21H25F3N4O. The quantitative estimate of drug-likeness (QED) is 0.742. The molecular weight excluding hydrogens is 381 g/mol. The number of carbonyl (C=O) groups is 1. The van der Waals surface area contributed by atoms with Gasteiger partial charge in [0.05, 0.1) is 0 Å². The van der Waals surface area contributed by atoms with Gasteiger partial charge in [-0.25, -0.2) is 9.97 Å². The minimum atomic E-state index is -4.50. The molecule has 0 unspecified atom stereocenters. The zero-order chi connectivity index (χ0) is 20.9. The van der Waals surface area contributed by atoms with Crippen LogP contribution < -0.4 is 10.2 Å². The van der Waals surface area contributed by atoms with Gasteiger partial charge in [-0.15, -0.1) is 0 Å². The fraction of sp³-hybridized carbons (Fsp3) is 0.476. The molecule has 2 heterocycles. The smallest absolute Gasteiger partial charge is 0.356 e. The minimum absolute atomic E-state index is 0.0209. The lowest BCUT2D eigenvalue weighted by Crippen LogP contribution is -2.41. The van der Waals surface area contributed by atoms with Crippen LogP contribution in [0, 0.1) is 12.8 Å². The van der Waals surface area contributed by atoms with Gasteiger partial charge in [0.2, 0.25) is 5.91 Å². The average Bonchev–Trinajstić information content (AvgIpc) is 2.71. The molecule has 8 heteroatoms. The molecule has 0 atom stereocenters. The lowest BCUT2D eigenvalue weighted by Gasteiger charge is -2.32. The molecule has 0 aliphatic carbocycles. The highest BCUT2D eigenvalue weighted by molar-refractivity contribution is 5.78. The molecule has 2 aromatic rings. The minimum Gasteiger partial charge on any atom is -0.356 e. The van der Waals surface area contributed by atoms with Gasteiger partial charge in [0.25, 0.3) is 0 Å². The molecule has 1 aliphatic rings. The largest absolute Gasteiger partial charge is 0.433 e. The number of nitrogens with one attached hydrogen (secondary N) is 1. The first-order valence-electron chi connectivity index (χ1n) is 9.82. The Morgan fingerprint density at radius 2 is 1.86 bits per heavy atom. The molecule has 156 valence electrons. The average molecular weight is 406 g/mol. The summed E-state index contributed by atoms with van der Waals surface area (Å²) in [7, 11) is 0. The first-order chi connectivity index (χ1) is 13.8. The highest BCUT2D eigenvalue weighted by atomic mass is 19.4. The second kappa shape index (κ2) is 9.24. The van der Waals surface area contributed by atoms with E-state index in [1.165, 1.54) is 12.5 Å². The van der Waals surface area contributed by atoms with Crippen molar-refractivity contribution in [2.45, 2.75) is 38.8 Å². The number of aryl methyl sites for hydroxylation is 2. The monoisotopic (exact) mass is 406 g/mol. The van der Waals surface area contributed by atoms with Crippen molar-refractivity contribution < 1.29 is 18.0 Å². The van der Waals surface area contributed by atoms with Crippen molar-refractivity contribution in [2.75, 3.05) is 24.5 Å². The number of anilines is 1. The summed E-state index contributed by atoms with van der Waals surface area (Å²) in [5, 5.41) is 2.98. The van der Waals surface area contributed by atoms with Gasteiger partial charge in [-0.1, -0.05) is 30.3 Å². The summed E-state index contributed by atoms with van der Waals surface area (Å²) in [5.41, 5.74) is 0.312. The van der Waals surface area contributed by atoms with E-state index in [4.69, 9.17) is 0 Å². The number of rotatable bonds is 6. The lowest BCUT2D eigenvalue weighted by molar-refractivity contribution is -0.141. The molecule has 1 aromatic carbocycles. The van der Waals surface area contributed by atoms with Crippen LogP contribution >= 0.6 is 0 Å². The van der Waals surface area contributed by atoms with Gasteiger partial charge < -0.3 is 10.2 Å². The molecule has 0 spiro atoms. The molecule has 1 amide bonds. The number of alkyl halides is 3. The lowest BCUT2D eigenvalue weighted by atomic mass is 9.96. The van der Waals surface area contributed by atoms with Crippen molar-refractivity contribution in [1.29, 1.82) is 0 Å². The van der Waals surface area contributed by atoms with Crippen LogP contribution in [-0.2, 0) is 17.4 Å². The van der Waals surface area contributed by atoms with E-state index < -0.39 is 11.9 Å². The molecule has 0 radical (unpaired) electrons. The van der Waals surface area contributed by atoms with Gasteiger partial charge >= 0.3 is 6.18 Å². The van der Waals surface area contributed by atoms with Gasteiger partial charge in [-0.3, -0.25) is 4.79 Å². The number of halogens is 3. The zero-order valence-corrected chi connectivity index (χ0v) is 16.4. The van der Waals surface area contributed by atoms with Crippen LogP contribution in [0.3, 0.4) is 0 Å². The number of hydrogen-bond donors (Lipinski definition) is 1. The molecule has 1 saturated heterocycles. The second-order valence-electron chi connectivity index (χ2n) is 7.30. The molecule has 1 aromatic heterocycles. The summed E-state index contributed by atoms with van der Waals surface area (Å²) in [6.07, 6.45) is -1.53. The maximum Gasteiger partial charge on any atom is 0.433 e. The maximum atomic E-state index is 13.0. The second-order valence-corrected chi connectivity index (χ2v) is 7.30. The summed E-state index contributed by atoms with van der Waals surface area (Å²) >= 11 is 0. The van der Waals surface area contributed by atoms with E-state index in [0.717, 1.165) is 18.9 Å². The topological polar surface area (TPSA) is 58.1 Å². The van der Waals surface area contributed by atoms with E-state index in [0.29, 0.717) is 32.5 Å². The first kappa shape index (κ1) is 21.1.